The van der Waals surface area contributed by atoms with Gasteiger partial charge < -0.3 is 29.2 Å². The number of likely N-dealkylation sites (tertiary alicyclic amines) is 1. The number of imidazole rings is 1. The summed E-state index contributed by atoms with van der Waals surface area (Å²) in [7, 11) is 1.70. The number of benzene rings is 4. The molecule has 0 bridgehead atoms. The molecule has 3 aliphatic rings. The molecule has 1 saturated heterocycles. The van der Waals surface area contributed by atoms with Crippen LogP contribution in [-0.4, -0.2) is 70.3 Å². The molecular weight excluding hydrogens is 682 g/mol. The van der Waals surface area contributed by atoms with E-state index in [4.69, 9.17) is 21.3 Å². The van der Waals surface area contributed by atoms with Crippen molar-refractivity contribution in [2.24, 2.45) is 0 Å². The number of carbonyl (C=O) groups is 1. The van der Waals surface area contributed by atoms with Crippen molar-refractivity contribution in [3.63, 3.8) is 0 Å². The van der Waals surface area contributed by atoms with E-state index in [0.29, 0.717) is 16.5 Å². The standard InChI is InChI=1S/C44H46ClN5O3/c1-53-32-15-17-33(28-10-13-31(45)14-11-28)36(27-32)43-46-37-19-18-35-41-39(29-8-4-2-5-9-29)34-16-12-30(44(51)52)26-38(34)50(41)25-24-49(42(35)40(37)47-43)23-22-48-20-6-3-7-21-48/h10-19,26-27,29H,2-9,20-25H2,1H3,(H,46,47)(H,51,52). The molecule has 8 nitrogen and oxygen atoms in total. The minimum absolute atomic E-state index is 0.335. The van der Waals surface area contributed by atoms with Crippen LogP contribution in [0.3, 0.4) is 0 Å². The molecule has 4 aromatic carbocycles. The minimum atomic E-state index is -0.889. The smallest absolute Gasteiger partial charge is 0.335 e. The number of aromatic amines is 1. The fourth-order valence-corrected chi connectivity index (χ4v) is 9.39. The van der Waals surface area contributed by atoms with Crippen LogP contribution in [-0.2, 0) is 6.54 Å². The van der Waals surface area contributed by atoms with Crippen LogP contribution in [0.4, 0.5) is 5.69 Å². The fraction of sp³-hybridized carbons (Fsp3) is 0.364. The van der Waals surface area contributed by atoms with Crippen molar-refractivity contribution < 1.29 is 14.6 Å². The second-order valence-corrected chi connectivity index (χ2v) is 15.5. The van der Waals surface area contributed by atoms with Crippen LogP contribution >= 0.6 is 11.6 Å². The Hall–Kier alpha value is -4.79. The van der Waals surface area contributed by atoms with Crippen LogP contribution in [0.2, 0.25) is 5.02 Å². The van der Waals surface area contributed by atoms with Crippen molar-refractivity contribution in [1.82, 2.24) is 19.4 Å². The molecule has 2 aromatic heterocycles. The van der Waals surface area contributed by atoms with Gasteiger partial charge in [0.2, 0.25) is 0 Å². The maximum Gasteiger partial charge on any atom is 0.335 e. The lowest BCUT2D eigenvalue weighted by molar-refractivity contribution is 0.0697. The summed E-state index contributed by atoms with van der Waals surface area (Å²) in [6.07, 6.45) is 9.84. The van der Waals surface area contributed by atoms with E-state index >= 15 is 0 Å². The molecule has 53 heavy (non-hydrogen) atoms. The summed E-state index contributed by atoms with van der Waals surface area (Å²) in [4.78, 5) is 26.7. The van der Waals surface area contributed by atoms with Crippen molar-refractivity contribution in [3.8, 4) is 39.5 Å². The van der Waals surface area contributed by atoms with Gasteiger partial charge in [0.05, 0.1) is 29.6 Å². The molecule has 1 aliphatic carbocycles. The predicted molar refractivity (Wildman–Crippen MR) is 215 cm³/mol. The Balaban J connectivity index is 1.26. The first kappa shape index (κ1) is 34.0. The van der Waals surface area contributed by atoms with Gasteiger partial charge in [0.1, 0.15) is 17.1 Å². The monoisotopic (exact) mass is 727 g/mol. The van der Waals surface area contributed by atoms with Crippen LogP contribution < -0.4 is 9.64 Å². The predicted octanol–water partition coefficient (Wildman–Crippen LogP) is 10.2. The van der Waals surface area contributed by atoms with Crippen molar-refractivity contribution in [2.45, 2.75) is 63.8 Å². The maximum absolute atomic E-state index is 12.3. The Morgan fingerprint density at radius 1 is 0.849 bits per heavy atom. The highest BCUT2D eigenvalue weighted by atomic mass is 35.5. The molecule has 0 atom stereocenters. The number of methoxy groups -OCH3 is 1. The third-order valence-corrected chi connectivity index (χ3v) is 12.2. The van der Waals surface area contributed by atoms with Gasteiger partial charge >= 0.3 is 5.97 Å². The number of rotatable bonds is 8. The number of aromatic nitrogens is 3. The van der Waals surface area contributed by atoms with Gasteiger partial charge in [-0.1, -0.05) is 55.5 Å². The van der Waals surface area contributed by atoms with Crippen LogP contribution in [0.15, 0.2) is 72.8 Å². The second kappa shape index (κ2) is 14.2. The summed E-state index contributed by atoms with van der Waals surface area (Å²) in [5, 5.41) is 11.9. The Morgan fingerprint density at radius 3 is 2.40 bits per heavy atom. The third kappa shape index (κ3) is 6.25. The maximum atomic E-state index is 12.3. The van der Waals surface area contributed by atoms with Gasteiger partial charge in [-0.2, -0.15) is 0 Å². The second-order valence-electron chi connectivity index (χ2n) is 15.0. The molecule has 0 unspecified atom stereocenters. The summed E-state index contributed by atoms with van der Waals surface area (Å²) in [5.41, 5.74) is 11.3. The van der Waals surface area contributed by atoms with E-state index < -0.39 is 5.97 Å². The van der Waals surface area contributed by atoms with E-state index in [1.807, 2.05) is 36.4 Å². The highest BCUT2D eigenvalue weighted by molar-refractivity contribution is 6.30. The van der Waals surface area contributed by atoms with Gasteiger partial charge in [0.15, 0.2) is 0 Å². The Morgan fingerprint density at radius 2 is 1.62 bits per heavy atom. The van der Waals surface area contributed by atoms with Gasteiger partial charge in [0, 0.05) is 53.2 Å². The number of carboxylic acids is 1. The zero-order chi connectivity index (χ0) is 36.1. The number of hydrogen-bond acceptors (Lipinski definition) is 5. The normalized spacial score (nSPS) is 16.8. The minimum Gasteiger partial charge on any atom is -0.497 e. The molecule has 2 N–H and O–H groups in total. The Kier molecular flexibility index (Phi) is 9.12. The highest BCUT2D eigenvalue weighted by Gasteiger charge is 2.33. The fourth-order valence-electron chi connectivity index (χ4n) is 9.26. The summed E-state index contributed by atoms with van der Waals surface area (Å²) in [6.45, 7) is 5.76. The van der Waals surface area contributed by atoms with Crippen LogP contribution in [0.1, 0.15) is 73.2 Å². The number of ether oxygens (including phenoxy) is 1. The molecule has 6 aromatic rings. The summed E-state index contributed by atoms with van der Waals surface area (Å²) < 4.78 is 8.16. The van der Waals surface area contributed by atoms with E-state index in [-0.39, 0.29) is 0 Å². The largest absolute Gasteiger partial charge is 0.497 e. The Labute approximate surface area is 315 Å². The SMILES string of the molecule is COc1ccc(-c2ccc(Cl)cc2)c(-c2nc3c4c(ccc3[nH]2)-c2c(C3CCCCC3)c3ccc(C(=O)O)cc3n2CCN4CCN2CCCCC2)c1. The van der Waals surface area contributed by atoms with Crippen molar-refractivity contribution >= 4 is 45.2 Å². The van der Waals surface area contributed by atoms with Crippen molar-refractivity contribution in [3.05, 3.63) is 88.9 Å². The topological polar surface area (TPSA) is 86.6 Å². The number of anilines is 1. The lowest BCUT2D eigenvalue weighted by Crippen LogP contribution is -2.38. The van der Waals surface area contributed by atoms with Gasteiger partial charge in [0.25, 0.3) is 0 Å². The molecule has 9 heteroatoms. The number of hydrogen-bond donors (Lipinski definition) is 2. The van der Waals surface area contributed by atoms with Gasteiger partial charge in [-0.3, -0.25) is 0 Å². The molecule has 0 radical (unpaired) electrons. The molecule has 2 aliphatic heterocycles. The number of aromatic carboxylic acids is 1. The number of nitrogens with zero attached hydrogens (tertiary/aromatic N) is 4. The quantitative estimate of drug-likeness (QED) is 0.162. The van der Waals surface area contributed by atoms with E-state index in [9.17, 15) is 9.90 Å². The highest BCUT2D eigenvalue weighted by Crippen LogP contribution is 2.49. The van der Waals surface area contributed by atoms with Gasteiger partial charge in [-0.05, 0) is 116 Å². The third-order valence-electron chi connectivity index (χ3n) is 11.9. The molecule has 9 rings (SSSR count). The van der Waals surface area contributed by atoms with Gasteiger partial charge in [-0.25, -0.2) is 9.78 Å². The van der Waals surface area contributed by atoms with E-state index in [1.54, 1.807) is 13.2 Å². The summed E-state index contributed by atoms with van der Waals surface area (Å²) >= 11 is 6.30. The molecule has 0 amide bonds. The molecule has 2 fully saturated rings. The Bertz CT molecular complexity index is 2310. The number of piperidine rings is 1. The summed E-state index contributed by atoms with van der Waals surface area (Å²) in [5.74, 6) is 1.09. The zero-order valence-corrected chi connectivity index (χ0v) is 31.1. The van der Waals surface area contributed by atoms with E-state index in [2.05, 4.69) is 49.7 Å². The van der Waals surface area contributed by atoms with Gasteiger partial charge in [-0.15, -0.1) is 0 Å². The number of H-pyrrole nitrogens is 1. The van der Waals surface area contributed by atoms with E-state index in [1.165, 1.54) is 60.7 Å². The number of fused-ring (bicyclic) bond motifs is 7. The van der Waals surface area contributed by atoms with Crippen molar-refractivity contribution in [2.75, 3.05) is 44.7 Å². The molecule has 1 saturated carbocycles. The molecule has 4 heterocycles. The molecule has 272 valence electrons. The zero-order valence-electron chi connectivity index (χ0n) is 30.3. The first-order chi connectivity index (χ1) is 26.0. The first-order valence-electron chi connectivity index (χ1n) is 19.3. The van der Waals surface area contributed by atoms with E-state index in [0.717, 1.165) is 103 Å². The number of halogens is 1. The average molecular weight is 728 g/mol. The number of carboxylic acid groups (broad SMARTS) is 1. The first-order valence-corrected chi connectivity index (χ1v) is 19.7. The molecular formula is C44H46ClN5O3. The van der Waals surface area contributed by atoms with Crippen molar-refractivity contribution in [1.29, 1.82) is 0 Å². The number of nitrogens with one attached hydrogen (secondary N) is 1. The lowest BCUT2D eigenvalue weighted by Gasteiger charge is -2.31. The summed E-state index contributed by atoms with van der Waals surface area (Å²) in [6, 6.07) is 24.3. The lowest BCUT2D eigenvalue weighted by atomic mass is 9.81. The molecule has 0 spiro atoms. The van der Waals surface area contributed by atoms with Crippen LogP contribution in [0, 0.1) is 0 Å². The van der Waals surface area contributed by atoms with Crippen LogP contribution in [0.25, 0.3) is 55.7 Å². The van der Waals surface area contributed by atoms with Crippen LogP contribution in [0.5, 0.6) is 5.75 Å². The average Bonchev–Trinajstić information content (AvgIpc) is 3.73.